The van der Waals surface area contributed by atoms with Crippen LogP contribution in [-0.4, -0.2) is 62.0 Å². The molecule has 24 heavy (non-hydrogen) atoms. The predicted molar refractivity (Wildman–Crippen MR) is 101 cm³/mol. The average molecular weight is 383 g/mol. The van der Waals surface area contributed by atoms with E-state index in [0.29, 0.717) is 6.54 Å². The Hall–Kier alpha value is -0.560. The molecule has 6 nitrogen and oxygen atoms in total. The van der Waals surface area contributed by atoms with Gasteiger partial charge in [-0.25, -0.2) is 0 Å². The van der Waals surface area contributed by atoms with E-state index in [1.54, 1.807) is 0 Å². The van der Waals surface area contributed by atoms with Gasteiger partial charge in [0.25, 0.3) is 0 Å². The molecular formula is C16H32Cl2N4O2. The molecule has 2 amide bonds. The molecule has 0 bridgehead atoms. The van der Waals surface area contributed by atoms with E-state index in [2.05, 4.69) is 27.8 Å². The highest BCUT2D eigenvalue weighted by atomic mass is 35.5. The molecule has 0 aromatic rings. The highest BCUT2D eigenvalue weighted by molar-refractivity contribution is 5.85. The normalized spacial score (nSPS) is 22.0. The van der Waals surface area contributed by atoms with E-state index in [9.17, 15) is 9.59 Å². The van der Waals surface area contributed by atoms with Gasteiger partial charge in [0.15, 0.2) is 0 Å². The monoisotopic (exact) mass is 382 g/mol. The van der Waals surface area contributed by atoms with Gasteiger partial charge >= 0.3 is 0 Å². The maximum atomic E-state index is 12.2. The first-order valence-electron chi connectivity index (χ1n) is 8.69. The standard InChI is InChI=1S/C16H30N4O2.2ClH/c1-2-7-18-15(21)12-20-9-5-14(6-10-20)19-16(22)13-4-3-8-17-11-13;;/h13-14,17H,2-12H2,1H3,(H,18,21)(H,19,22);2*1H. The SMILES string of the molecule is CCCNC(=O)CN1CCC(NC(=O)C2CCCNC2)CC1.Cl.Cl. The van der Waals surface area contributed by atoms with Crippen molar-refractivity contribution in [1.29, 1.82) is 0 Å². The quantitative estimate of drug-likeness (QED) is 0.638. The number of likely N-dealkylation sites (tertiary alicyclic amines) is 1. The van der Waals surface area contributed by atoms with Crippen LogP contribution in [0, 0.1) is 5.92 Å². The lowest BCUT2D eigenvalue weighted by molar-refractivity contribution is -0.127. The van der Waals surface area contributed by atoms with E-state index in [-0.39, 0.29) is 48.6 Å². The summed E-state index contributed by atoms with van der Waals surface area (Å²) in [7, 11) is 0. The number of hydrogen-bond acceptors (Lipinski definition) is 4. The molecule has 2 heterocycles. The first-order chi connectivity index (χ1) is 10.7. The average Bonchev–Trinajstić information content (AvgIpc) is 2.55. The summed E-state index contributed by atoms with van der Waals surface area (Å²) >= 11 is 0. The van der Waals surface area contributed by atoms with Crippen LogP contribution in [0.5, 0.6) is 0 Å². The van der Waals surface area contributed by atoms with Crippen LogP contribution < -0.4 is 16.0 Å². The summed E-state index contributed by atoms with van der Waals surface area (Å²) in [6, 6.07) is 0.268. The van der Waals surface area contributed by atoms with Crippen LogP contribution in [0.1, 0.15) is 39.0 Å². The van der Waals surface area contributed by atoms with Crippen LogP contribution in [0.3, 0.4) is 0 Å². The summed E-state index contributed by atoms with van der Waals surface area (Å²) in [4.78, 5) is 26.1. The van der Waals surface area contributed by atoms with Crippen molar-refractivity contribution in [3.05, 3.63) is 0 Å². The molecule has 1 atom stereocenters. The van der Waals surface area contributed by atoms with Crippen molar-refractivity contribution in [3.8, 4) is 0 Å². The molecule has 142 valence electrons. The summed E-state index contributed by atoms with van der Waals surface area (Å²) < 4.78 is 0. The fourth-order valence-corrected chi connectivity index (χ4v) is 3.15. The van der Waals surface area contributed by atoms with Crippen LogP contribution >= 0.6 is 24.8 Å². The smallest absolute Gasteiger partial charge is 0.234 e. The Kier molecular flexibility index (Phi) is 12.5. The molecule has 2 rings (SSSR count). The van der Waals surface area contributed by atoms with E-state index < -0.39 is 0 Å². The van der Waals surface area contributed by atoms with Crippen molar-refractivity contribution in [3.63, 3.8) is 0 Å². The number of amides is 2. The molecule has 2 fully saturated rings. The molecule has 1 unspecified atom stereocenters. The molecular weight excluding hydrogens is 351 g/mol. The van der Waals surface area contributed by atoms with Crippen LogP contribution in [-0.2, 0) is 9.59 Å². The minimum atomic E-state index is 0. The van der Waals surface area contributed by atoms with Gasteiger partial charge in [-0.05, 0) is 38.6 Å². The number of hydrogen-bond donors (Lipinski definition) is 3. The van der Waals surface area contributed by atoms with E-state index in [4.69, 9.17) is 0 Å². The van der Waals surface area contributed by atoms with Crippen molar-refractivity contribution in [1.82, 2.24) is 20.9 Å². The molecule has 0 radical (unpaired) electrons. The summed E-state index contributed by atoms with van der Waals surface area (Å²) in [6.45, 7) is 6.88. The van der Waals surface area contributed by atoms with Gasteiger partial charge in [-0.3, -0.25) is 14.5 Å². The molecule has 8 heteroatoms. The summed E-state index contributed by atoms with van der Waals surface area (Å²) in [5, 5.41) is 9.38. The third-order valence-corrected chi connectivity index (χ3v) is 4.54. The van der Waals surface area contributed by atoms with Gasteiger partial charge in [-0.1, -0.05) is 6.92 Å². The minimum Gasteiger partial charge on any atom is -0.355 e. The molecule has 0 aromatic heterocycles. The summed E-state index contributed by atoms with van der Waals surface area (Å²) in [5.41, 5.74) is 0. The highest BCUT2D eigenvalue weighted by Crippen LogP contribution is 2.14. The maximum Gasteiger partial charge on any atom is 0.234 e. The predicted octanol–water partition coefficient (Wildman–Crippen LogP) is 0.936. The van der Waals surface area contributed by atoms with E-state index in [1.807, 2.05) is 0 Å². The zero-order valence-electron chi connectivity index (χ0n) is 14.5. The Bertz CT molecular complexity index is 371. The van der Waals surface area contributed by atoms with Gasteiger partial charge in [0.1, 0.15) is 0 Å². The molecule has 3 N–H and O–H groups in total. The second-order valence-corrected chi connectivity index (χ2v) is 6.45. The van der Waals surface area contributed by atoms with Gasteiger partial charge in [0.05, 0.1) is 12.5 Å². The fraction of sp³-hybridized carbons (Fsp3) is 0.875. The second kappa shape index (κ2) is 12.8. The zero-order chi connectivity index (χ0) is 15.8. The molecule has 0 aliphatic carbocycles. The minimum absolute atomic E-state index is 0. The van der Waals surface area contributed by atoms with E-state index in [1.165, 1.54) is 0 Å². The van der Waals surface area contributed by atoms with Crippen molar-refractivity contribution in [2.75, 3.05) is 39.3 Å². The molecule has 0 spiro atoms. The fourth-order valence-electron chi connectivity index (χ4n) is 3.15. The number of carbonyl (C=O) groups excluding carboxylic acids is 2. The first kappa shape index (κ1) is 23.4. The van der Waals surface area contributed by atoms with Gasteiger partial charge in [0.2, 0.25) is 11.8 Å². The Morgan fingerprint density at radius 2 is 1.88 bits per heavy atom. The maximum absolute atomic E-state index is 12.2. The lowest BCUT2D eigenvalue weighted by Crippen LogP contribution is -2.50. The first-order valence-corrected chi connectivity index (χ1v) is 8.69. The van der Waals surface area contributed by atoms with Crippen LogP contribution in [0.15, 0.2) is 0 Å². The molecule has 2 saturated heterocycles. The Morgan fingerprint density at radius 3 is 2.46 bits per heavy atom. The highest BCUT2D eigenvalue weighted by Gasteiger charge is 2.26. The van der Waals surface area contributed by atoms with Crippen molar-refractivity contribution < 1.29 is 9.59 Å². The van der Waals surface area contributed by atoms with Gasteiger partial charge in [-0.2, -0.15) is 0 Å². The molecule has 0 aromatic carbocycles. The number of carbonyl (C=O) groups is 2. The number of piperidine rings is 2. The molecule has 0 saturated carbocycles. The van der Waals surface area contributed by atoms with Crippen LogP contribution in [0.25, 0.3) is 0 Å². The van der Waals surface area contributed by atoms with Crippen LogP contribution in [0.2, 0.25) is 0 Å². The van der Waals surface area contributed by atoms with Gasteiger partial charge in [-0.15, -0.1) is 24.8 Å². The van der Waals surface area contributed by atoms with E-state index in [0.717, 1.165) is 64.8 Å². The second-order valence-electron chi connectivity index (χ2n) is 6.45. The Labute approximate surface area is 157 Å². The largest absolute Gasteiger partial charge is 0.355 e. The summed E-state index contributed by atoms with van der Waals surface area (Å²) in [6.07, 6.45) is 4.93. The third kappa shape index (κ3) is 8.01. The molecule has 2 aliphatic heterocycles. The van der Waals surface area contributed by atoms with Crippen molar-refractivity contribution >= 4 is 36.6 Å². The number of nitrogens with one attached hydrogen (secondary N) is 3. The number of nitrogens with zero attached hydrogens (tertiary/aromatic N) is 1. The summed E-state index contributed by atoms with van der Waals surface area (Å²) in [5.74, 6) is 0.440. The van der Waals surface area contributed by atoms with E-state index >= 15 is 0 Å². The lowest BCUT2D eigenvalue weighted by Gasteiger charge is -2.33. The topological polar surface area (TPSA) is 73.5 Å². The zero-order valence-corrected chi connectivity index (χ0v) is 16.1. The number of halogens is 2. The van der Waals surface area contributed by atoms with Gasteiger partial charge in [0, 0.05) is 32.2 Å². The Morgan fingerprint density at radius 1 is 1.17 bits per heavy atom. The van der Waals surface area contributed by atoms with Crippen molar-refractivity contribution in [2.45, 2.75) is 45.1 Å². The number of rotatable bonds is 6. The van der Waals surface area contributed by atoms with Crippen molar-refractivity contribution in [2.24, 2.45) is 5.92 Å². The lowest BCUT2D eigenvalue weighted by atomic mass is 9.97. The van der Waals surface area contributed by atoms with Crippen LogP contribution in [0.4, 0.5) is 0 Å². The third-order valence-electron chi connectivity index (χ3n) is 4.54. The molecule has 2 aliphatic rings. The van der Waals surface area contributed by atoms with Gasteiger partial charge < -0.3 is 16.0 Å². The Balaban J connectivity index is 0.00000264.